The Balaban J connectivity index is 1.59. The van der Waals surface area contributed by atoms with E-state index in [-0.39, 0.29) is 41.4 Å². The molecule has 29 heavy (non-hydrogen) atoms. The average Bonchev–Trinajstić information content (AvgIpc) is 3.33. The van der Waals surface area contributed by atoms with Crippen LogP contribution < -0.4 is 0 Å². The molecule has 2 aliphatic heterocycles. The Morgan fingerprint density at radius 1 is 1.17 bits per heavy atom. The lowest BCUT2D eigenvalue weighted by molar-refractivity contribution is -0.142. The van der Waals surface area contributed by atoms with Gasteiger partial charge in [0.1, 0.15) is 4.88 Å². The summed E-state index contributed by atoms with van der Waals surface area (Å²) in [6.45, 7) is 4.01. The third-order valence-electron chi connectivity index (χ3n) is 7.49. The van der Waals surface area contributed by atoms with Gasteiger partial charge in [0.25, 0.3) is 5.91 Å². The van der Waals surface area contributed by atoms with Gasteiger partial charge in [0.05, 0.1) is 23.8 Å². The van der Waals surface area contributed by atoms with E-state index in [1.807, 2.05) is 18.2 Å². The SMILES string of the molecule is CC(=O)N1[C@H](Cc2ccccc2)[C@@H]2C[C@@]3(C)[C@H](CCC[C@@H]13)N2C(=O)c1cncs1. The lowest BCUT2D eigenvalue weighted by Gasteiger charge is -2.52. The third kappa shape index (κ3) is 2.83. The Morgan fingerprint density at radius 2 is 1.90 bits per heavy atom. The van der Waals surface area contributed by atoms with Crippen LogP contribution >= 0.6 is 11.3 Å². The Bertz CT molecular complexity index is 915. The zero-order valence-electron chi connectivity index (χ0n) is 17.0. The lowest BCUT2D eigenvalue weighted by atomic mass is 9.64. The van der Waals surface area contributed by atoms with Crippen LogP contribution in [0, 0.1) is 5.41 Å². The molecule has 0 unspecified atom stereocenters. The van der Waals surface area contributed by atoms with Crippen molar-refractivity contribution in [1.29, 1.82) is 0 Å². The number of likely N-dealkylation sites (tertiary alicyclic amines) is 2. The number of hydrogen-bond acceptors (Lipinski definition) is 4. The number of fused-ring (bicyclic) bond motifs is 1. The van der Waals surface area contributed by atoms with E-state index in [0.29, 0.717) is 4.88 Å². The van der Waals surface area contributed by atoms with Crippen molar-refractivity contribution in [3.8, 4) is 0 Å². The summed E-state index contributed by atoms with van der Waals surface area (Å²) in [5, 5.41) is 0. The molecule has 2 bridgehead atoms. The van der Waals surface area contributed by atoms with E-state index in [1.165, 1.54) is 16.9 Å². The molecule has 5 nitrogen and oxygen atoms in total. The molecule has 3 fully saturated rings. The molecule has 5 rings (SSSR count). The lowest BCUT2D eigenvalue weighted by Crippen LogP contribution is -2.62. The van der Waals surface area contributed by atoms with Crippen molar-refractivity contribution in [2.24, 2.45) is 5.41 Å². The van der Waals surface area contributed by atoms with Gasteiger partial charge in [-0.1, -0.05) is 37.3 Å². The van der Waals surface area contributed by atoms with Crippen molar-refractivity contribution in [2.45, 2.75) is 70.1 Å². The van der Waals surface area contributed by atoms with Crippen molar-refractivity contribution in [1.82, 2.24) is 14.8 Å². The summed E-state index contributed by atoms with van der Waals surface area (Å²) < 4.78 is 0. The molecule has 1 aliphatic carbocycles. The van der Waals surface area contributed by atoms with Crippen molar-refractivity contribution >= 4 is 23.2 Å². The fraction of sp³-hybridized carbons (Fsp3) is 0.522. The predicted molar refractivity (Wildman–Crippen MR) is 113 cm³/mol. The molecule has 2 amide bonds. The summed E-state index contributed by atoms with van der Waals surface area (Å²) in [4.78, 5) is 35.6. The van der Waals surface area contributed by atoms with Gasteiger partial charge in [-0.05, 0) is 37.7 Å². The first-order valence-corrected chi connectivity index (χ1v) is 11.4. The first-order valence-electron chi connectivity index (χ1n) is 10.5. The second-order valence-corrected chi connectivity index (χ2v) is 9.89. The number of carbonyl (C=O) groups is 2. The van der Waals surface area contributed by atoms with E-state index >= 15 is 0 Å². The van der Waals surface area contributed by atoms with Gasteiger partial charge in [-0.3, -0.25) is 14.6 Å². The number of amides is 2. The molecule has 3 aliphatic rings. The summed E-state index contributed by atoms with van der Waals surface area (Å²) in [6, 6.07) is 10.9. The van der Waals surface area contributed by atoms with E-state index in [9.17, 15) is 9.59 Å². The van der Waals surface area contributed by atoms with Gasteiger partial charge in [-0.15, -0.1) is 11.3 Å². The molecule has 152 valence electrons. The molecule has 2 saturated heterocycles. The van der Waals surface area contributed by atoms with E-state index in [4.69, 9.17) is 0 Å². The number of rotatable bonds is 3. The maximum atomic E-state index is 13.6. The Hall–Kier alpha value is -2.21. The van der Waals surface area contributed by atoms with Crippen LogP contribution in [0.25, 0.3) is 0 Å². The predicted octanol–water partition coefficient (Wildman–Crippen LogP) is 3.76. The Morgan fingerprint density at radius 3 is 2.55 bits per heavy atom. The van der Waals surface area contributed by atoms with Crippen LogP contribution in [0.2, 0.25) is 0 Å². The zero-order valence-corrected chi connectivity index (χ0v) is 17.8. The van der Waals surface area contributed by atoms with Gasteiger partial charge < -0.3 is 9.80 Å². The van der Waals surface area contributed by atoms with E-state index in [1.54, 1.807) is 18.6 Å². The summed E-state index contributed by atoms with van der Waals surface area (Å²) in [5.74, 6) is 0.231. The topological polar surface area (TPSA) is 53.5 Å². The normalized spacial score (nSPS) is 33.0. The third-order valence-corrected chi connectivity index (χ3v) is 8.25. The van der Waals surface area contributed by atoms with Gasteiger partial charge in [-0.2, -0.15) is 0 Å². The average molecular weight is 410 g/mol. The molecule has 6 heteroatoms. The number of piperidine rings is 1. The summed E-state index contributed by atoms with van der Waals surface area (Å²) in [6.07, 6.45) is 6.58. The molecular weight excluding hydrogens is 382 g/mol. The van der Waals surface area contributed by atoms with Gasteiger partial charge in [0.2, 0.25) is 5.91 Å². The summed E-state index contributed by atoms with van der Waals surface area (Å²) >= 11 is 1.41. The molecule has 3 heterocycles. The van der Waals surface area contributed by atoms with Crippen molar-refractivity contribution in [3.63, 3.8) is 0 Å². The highest BCUT2D eigenvalue weighted by Gasteiger charge is 2.64. The molecule has 5 atom stereocenters. The van der Waals surface area contributed by atoms with Crippen LogP contribution in [0.5, 0.6) is 0 Å². The molecule has 1 aromatic heterocycles. The minimum Gasteiger partial charge on any atom is -0.334 e. The molecule has 0 spiro atoms. The maximum absolute atomic E-state index is 13.6. The number of hydrogen-bond donors (Lipinski definition) is 0. The van der Waals surface area contributed by atoms with Crippen LogP contribution in [0.4, 0.5) is 0 Å². The molecule has 1 aromatic carbocycles. The van der Waals surface area contributed by atoms with Gasteiger partial charge in [0, 0.05) is 24.4 Å². The van der Waals surface area contributed by atoms with Crippen LogP contribution in [-0.2, 0) is 11.2 Å². The smallest absolute Gasteiger partial charge is 0.266 e. The standard InChI is InChI=1S/C23H27N3O2S/c1-15(27)25-17(11-16-7-4-3-5-8-16)18-12-23(2)20(25)9-6-10-21(23)26(18)22(28)19-13-24-14-29-19/h3-5,7-8,13-14,17-18,20-21H,6,9-12H2,1-2H3/t17-,18+,20-,21+,23-/m1/s1. The molecule has 0 N–H and O–H groups in total. The highest BCUT2D eigenvalue weighted by molar-refractivity contribution is 7.11. The number of thiazole rings is 1. The second-order valence-electron chi connectivity index (χ2n) is 9.00. The Kier molecular flexibility index (Phi) is 4.50. The van der Waals surface area contributed by atoms with Gasteiger partial charge in [0.15, 0.2) is 0 Å². The van der Waals surface area contributed by atoms with Crippen LogP contribution in [0.1, 0.15) is 54.8 Å². The van der Waals surface area contributed by atoms with Crippen LogP contribution in [0.15, 0.2) is 42.0 Å². The van der Waals surface area contributed by atoms with E-state index in [0.717, 1.165) is 32.1 Å². The zero-order chi connectivity index (χ0) is 20.2. The van der Waals surface area contributed by atoms with E-state index in [2.05, 4.69) is 33.8 Å². The van der Waals surface area contributed by atoms with Crippen LogP contribution in [-0.4, -0.2) is 50.8 Å². The summed E-state index contributed by atoms with van der Waals surface area (Å²) in [5.41, 5.74) is 2.92. The number of carbonyl (C=O) groups excluding carboxylic acids is 2. The second kappa shape index (κ2) is 6.94. The summed E-state index contributed by atoms with van der Waals surface area (Å²) in [7, 11) is 0. The fourth-order valence-corrected chi connectivity index (χ4v) is 6.94. The first-order chi connectivity index (χ1) is 14.0. The highest BCUT2D eigenvalue weighted by Crippen LogP contribution is 2.56. The number of aromatic nitrogens is 1. The largest absolute Gasteiger partial charge is 0.334 e. The van der Waals surface area contributed by atoms with Crippen LogP contribution in [0.3, 0.4) is 0 Å². The monoisotopic (exact) mass is 409 g/mol. The molecular formula is C23H27N3O2S. The van der Waals surface area contributed by atoms with Gasteiger partial charge in [-0.25, -0.2) is 0 Å². The number of nitrogens with zero attached hydrogens (tertiary/aromatic N) is 3. The van der Waals surface area contributed by atoms with Crippen molar-refractivity contribution < 1.29 is 9.59 Å². The minimum atomic E-state index is -0.0257. The first kappa shape index (κ1) is 18.8. The van der Waals surface area contributed by atoms with Crippen molar-refractivity contribution in [3.05, 3.63) is 52.5 Å². The Labute approximate surface area is 175 Å². The molecule has 2 aromatic rings. The maximum Gasteiger partial charge on any atom is 0.266 e. The quantitative estimate of drug-likeness (QED) is 0.776. The van der Waals surface area contributed by atoms with E-state index < -0.39 is 0 Å². The van der Waals surface area contributed by atoms with Crippen molar-refractivity contribution in [2.75, 3.05) is 0 Å². The minimum absolute atomic E-state index is 0.0212. The molecule has 0 radical (unpaired) electrons. The number of benzene rings is 1. The fourth-order valence-electron chi connectivity index (χ4n) is 6.37. The molecule has 1 saturated carbocycles. The highest BCUT2D eigenvalue weighted by atomic mass is 32.1. The van der Waals surface area contributed by atoms with Gasteiger partial charge >= 0.3 is 0 Å².